The van der Waals surface area contributed by atoms with Crippen LogP contribution < -0.4 is 5.32 Å². The summed E-state index contributed by atoms with van der Waals surface area (Å²) in [6.45, 7) is 3.64. The van der Waals surface area contributed by atoms with Gasteiger partial charge in [-0.15, -0.1) is 0 Å². The van der Waals surface area contributed by atoms with Crippen molar-refractivity contribution in [1.82, 2.24) is 15.1 Å². The molecule has 0 aliphatic carbocycles. The molecule has 20 heavy (non-hydrogen) atoms. The summed E-state index contributed by atoms with van der Waals surface area (Å²) in [6.07, 6.45) is 1.39. The number of nitrogens with zero attached hydrogens (tertiary/aromatic N) is 2. The summed E-state index contributed by atoms with van der Waals surface area (Å²) >= 11 is 0. The molecule has 0 saturated carbocycles. The zero-order chi connectivity index (χ0) is 15.1. The van der Waals surface area contributed by atoms with Crippen LogP contribution in [0.4, 0.5) is 4.79 Å². The van der Waals surface area contributed by atoms with E-state index < -0.39 is 5.97 Å². The number of hydrogen-bond acceptors (Lipinski definition) is 3. The molecular formula is C13H23N3O4. The van der Waals surface area contributed by atoms with E-state index in [1.165, 1.54) is 4.90 Å². The number of amides is 3. The predicted octanol–water partition coefficient (Wildman–Crippen LogP) is 0.361. The van der Waals surface area contributed by atoms with E-state index in [1.54, 1.807) is 11.9 Å². The molecule has 7 heteroatoms. The molecule has 7 nitrogen and oxygen atoms in total. The molecule has 0 aromatic heterocycles. The summed E-state index contributed by atoms with van der Waals surface area (Å²) < 4.78 is 0. The zero-order valence-electron chi connectivity index (χ0n) is 12.1. The molecular weight excluding hydrogens is 262 g/mol. The van der Waals surface area contributed by atoms with E-state index in [0.29, 0.717) is 26.1 Å². The summed E-state index contributed by atoms with van der Waals surface area (Å²) in [5.74, 6) is -0.790. The van der Waals surface area contributed by atoms with Crippen LogP contribution >= 0.6 is 0 Å². The van der Waals surface area contributed by atoms with Crippen LogP contribution in [0.25, 0.3) is 0 Å². The van der Waals surface area contributed by atoms with Gasteiger partial charge in [0.15, 0.2) is 0 Å². The minimum Gasteiger partial charge on any atom is -0.481 e. The first-order valence-corrected chi connectivity index (χ1v) is 6.88. The van der Waals surface area contributed by atoms with Crippen molar-refractivity contribution >= 4 is 17.9 Å². The third kappa shape index (κ3) is 5.46. The number of carbonyl (C=O) groups is 3. The second-order valence-corrected chi connectivity index (χ2v) is 5.31. The Kier molecular flexibility index (Phi) is 6.27. The number of carboxylic acids is 1. The van der Waals surface area contributed by atoms with Crippen LogP contribution in [0.1, 0.15) is 26.2 Å². The highest BCUT2D eigenvalue weighted by molar-refractivity contribution is 5.84. The summed E-state index contributed by atoms with van der Waals surface area (Å²) in [5.41, 5.74) is 0. The number of aliphatic carboxylic acids is 1. The van der Waals surface area contributed by atoms with Crippen molar-refractivity contribution in [3.8, 4) is 0 Å². The lowest BCUT2D eigenvalue weighted by Gasteiger charge is -2.21. The van der Waals surface area contributed by atoms with E-state index in [-0.39, 0.29) is 30.8 Å². The third-order valence-corrected chi connectivity index (χ3v) is 3.41. The predicted molar refractivity (Wildman–Crippen MR) is 73.3 cm³/mol. The molecule has 0 aromatic rings. The smallest absolute Gasteiger partial charge is 0.317 e. The van der Waals surface area contributed by atoms with Crippen molar-refractivity contribution in [2.45, 2.75) is 26.2 Å². The number of likely N-dealkylation sites (N-methyl/N-ethyl adjacent to an activating group) is 1. The van der Waals surface area contributed by atoms with Gasteiger partial charge in [-0.25, -0.2) is 4.79 Å². The van der Waals surface area contributed by atoms with E-state index in [2.05, 4.69) is 5.32 Å². The van der Waals surface area contributed by atoms with Gasteiger partial charge in [0.2, 0.25) is 5.91 Å². The number of nitrogens with one attached hydrogen (secondary N) is 1. The lowest BCUT2D eigenvalue weighted by Crippen LogP contribution is -2.44. The van der Waals surface area contributed by atoms with Gasteiger partial charge in [-0.1, -0.05) is 6.92 Å². The number of rotatable bonds is 5. The lowest BCUT2D eigenvalue weighted by atomic mass is 10.1. The van der Waals surface area contributed by atoms with Gasteiger partial charge >= 0.3 is 12.0 Å². The minimum atomic E-state index is -0.829. The molecule has 1 saturated heterocycles. The second-order valence-electron chi connectivity index (χ2n) is 5.31. The van der Waals surface area contributed by atoms with Crippen molar-refractivity contribution in [2.75, 3.05) is 33.2 Å². The van der Waals surface area contributed by atoms with Crippen LogP contribution in [0.5, 0.6) is 0 Å². The van der Waals surface area contributed by atoms with Crippen LogP contribution in [0, 0.1) is 5.92 Å². The van der Waals surface area contributed by atoms with Gasteiger partial charge in [-0.05, 0) is 18.8 Å². The molecule has 1 atom stereocenters. The highest BCUT2D eigenvalue weighted by atomic mass is 16.4. The normalized spacial score (nSPS) is 17.6. The highest BCUT2D eigenvalue weighted by Crippen LogP contribution is 2.06. The number of hydrogen-bond donors (Lipinski definition) is 2. The maximum Gasteiger partial charge on any atom is 0.317 e. The summed E-state index contributed by atoms with van der Waals surface area (Å²) in [4.78, 5) is 37.3. The fourth-order valence-corrected chi connectivity index (χ4v) is 2.01. The molecule has 1 fully saturated rings. The van der Waals surface area contributed by atoms with Crippen LogP contribution in [0.15, 0.2) is 0 Å². The van der Waals surface area contributed by atoms with Gasteiger partial charge in [0.1, 0.15) is 6.54 Å². The van der Waals surface area contributed by atoms with E-state index in [0.717, 1.165) is 6.42 Å². The maximum atomic E-state index is 12.0. The third-order valence-electron chi connectivity index (χ3n) is 3.41. The number of carboxylic acid groups (broad SMARTS) is 1. The van der Waals surface area contributed by atoms with E-state index in [9.17, 15) is 14.4 Å². The van der Waals surface area contributed by atoms with Gasteiger partial charge in [-0.3, -0.25) is 9.59 Å². The Labute approximate surface area is 118 Å². The fraction of sp³-hybridized carbons (Fsp3) is 0.769. The molecule has 114 valence electrons. The van der Waals surface area contributed by atoms with Crippen LogP contribution in [0.3, 0.4) is 0 Å². The Balaban J connectivity index is 2.34. The topological polar surface area (TPSA) is 89.9 Å². The van der Waals surface area contributed by atoms with Crippen molar-refractivity contribution in [3.63, 3.8) is 0 Å². The Hall–Kier alpha value is -1.79. The number of carbonyl (C=O) groups excluding carboxylic acids is 2. The van der Waals surface area contributed by atoms with Gasteiger partial charge in [0, 0.05) is 33.1 Å². The average molecular weight is 285 g/mol. The van der Waals surface area contributed by atoms with Gasteiger partial charge in [0.25, 0.3) is 0 Å². The molecule has 3 amide bonds. The van der Waals surface area contributed by atoms with Crippen molar-refractivity contribution in [1.29, 1.82) is 0 Å². The quantitative estimate of drug-likeness (QED) is 0.763. The Bertz CT molecular complexity index is 373. The fourth-order valence-electron chi connectivity index (χ4n) is 2.01. The molecule has 1 unspecified atom stereocenters. The minimum absolute atomic E-state index is 0.0587. The lowest BCUT2D eigenvalue weighted by molar-refractivity contribution is -0.137. The molecule has 1 rings (SSSR count). The molecule has 1 aliphatic rings. The highest BCUT2D eigenvalue weighted by Gasteiger charge is 2.22. The van der Waals surface area contributed by atoms with E-state index in [4.69, 9.17) is 5.11 Å². The van der Waals surface area contributed by atoms with Crippen molar-refractivity contribution in [3.05, 3.63) is 0 Å². The van der Waals surface area contributed by atoms with Crippen molar-refractivity contribution in [2.24, 2.45) is 5.92 Å². The number of urea groups is 1. The molecule has 1 aliphatic heterocycles. The standard InChI is InChI=1S/C13H23N3O4/c1-10(4-5-12(18)19)8-14-13(20)16-7-3-6-15(2)11(17)9-16/h10H,3-9H2,1-2H3,(H,14,20)(H,18,19). The average Bonchev–Trinajstić information content (AvgIpc) is 2.56. The van der Waals surface area contributed by atoms with Gasteiger partial charge < -0.3 is 20.2 Å². The maximum absolute atomic E-state index is 12.0. The van der Waals surface area contributed by atoms with Crippen LogP contribution in [0.2, 0.25) is 0 Å². The molecule has 0 aromatic carbocycles. The van der Waals surface area contributed by atoms with Gasteiger partial charge in [0.05, 0.1) is 0 Å². The summed E-state index contributed by atoms with van der Waals surface area (Å²) in [6, 6.07) is -0.254. The monoisotopic (exact) mass is 285 g/mol. The van der Waals surface area contributed by atoms with Gasteiger partial charge in [-0.2, -0.15) is 0 Å². The molecule has 1 heterocycles. The molecule has 0 radical (unpaired) electrons. The largest absolute Gasteiger partial charge is 0.481 e. The first-order chi connectivity index (χ1) is 9.40. The van der Waals surface area contributed by atoms with E-state index in [1.807, 2.05) is 6.92 Å². The second kappa shape index (κ2) is 7.72. The van der Waals surface area contributed by atoms with E-state index >= 15 is 0 Å². The Morgan fingerprint density at radius 1 is 1.40 bits per heavy atom. The Morgan fingerprint density at radius 3 is 2.75 bits per heavy atom. The Morgan fingerprint density at radius 2 is 2.10 bits per heavy atom. The first kappa shape index (κ1) is 16.3. The zero-order valence-corrected chi connectivity index (χ0v) is 12.1. The van der Waals surface area contributed by atoms with Crippen LogP contribution in [-0.2, 0) is 9.59 Å². The molecule has 0 bridgehead atoms. The SMILES string of the molecule is CC(CCC(=O)O)CNC(=O)N1CCCN(C)C(=O)C1. The summed E-state index contributed by atoms with van der Waals surface area (Å²) in [7, 11) is 1.73. The molecule has 2 N–H and O–H groups in total. The molecule has 0 spiro atoms. The summed E-state index contributed by atoms with van der Waals surface area (Å²) in [5, 5.41) is 11.4. The first-order valence-electron chi connectivity index (χ1n) is 6.88. The van der Waals surface area contributed by atoms with Crippen molar-refractivity contribution < 1.29 is 19.5 Å². The van der Waals surface area contributed by atoms with Crippen LogP contribution in [-0.4, -0.2) is 66.0 Å².